The van der Waals surface area contributed by atoms with E-state index in [0.29, 0.717) is 5.56 Å². The predicted molar refractivity (Wildman–Crippen MR) is 80.5 cm³/mol. The van der Waals surface area contributed by atoms with Gasteiger partial charge in [-0.3, -0.25) is 0 Å². The van der Waals surface area contributed by atoms with Crippen molar-refractivity contribution in [1.29, 1.82) is 0 Å². The summed E-state index contributed by atoms with van der Waals surface area (Å²) in [5, 5.41) is 12.7. The van der Waals surface area contributed by atoms with E-state index in [1.165, 1.54) is 13.2 Å². The molecule has 2 aromatic rings. The molecule has 106 valence electrons. The summed E-state index contributed by atoms with van der Waals surface area (Å²) in [6, 6.07) is 11.8. The number of rotatable bonds is 5. The van der Waals surface area contributed by atoms with Crippen molar-refractivity contribution in [2.45, 2.75) is 6.04 Å². The van der Waals surface area contributed by atoms with Crippen LogP contribution in [-0.2, 0) is 0 Å². The molecule has 20 heavy (non-hydrogen) atoms. The third kappa shape index (κ3) is 3.49. The lowest BCUT2D eigenvalue weighted by molar-refractivity contribution is 0.276. The van der Waals surface area contributed by atoms with Gasteiger partial charge in [0.05, 0.1) is 19.8 Å². The fourth-order valence-corrected chi connectivity index (χ4v) is 2.31. The molecule has 0 radical (unpaired) electrons. The van der Waals surface area contributed by atoms with E-state index >= 15 is 0 Å². The zero-order valence-electron chi connectivity index (χ0n) is 10.9. The lowest BCUT2D eigenvalue weighted by Crippen LogP contribution is -2.15. The summed E-state index contributed by atoms with van der Waals surface area (Å²) in [5.41, 5.74) is 1.50. The highest BCUT2D eigenvalue weighted by Crippen LogP contribution is 2.25. The van der Waals surface area contributed by atoms with E-state index in [4.69, 9.17) is 4.74 Å². The standard InChI is InChI=1S/C15H15BrFNO2/c1-20-15-6-5-10(7-13(15)17)14(9-19)18-12-4-2-3-11(16)8-12/h2-8,14,18-19H,9H2,1H3. The Bertz CT molecular complexity index is 592. The molecule has 0 aromatic heterocycles. The molecule has 0 amide bonds. The molecule has 0 spiro atoms. The summed E-state index contributed by atoms with van der Waals surface area (Å²) in [6.07, 6.45) is 0. The first-order valence-corrected chi connectivity index (χ1v) is 6.89. The van der Waals surface area contributed by atoms with Crippen LogP contribution in [0.2, 0.25) is 0 Å². The number of halogens is 2. The molecule has 2 N–H and O–H groups in total. The van der Waals surface area contributed by atoms with Gasteiger partial charge in [-0.1, -0.05) is 28.1 Å². The molecule has 0 saturated heterocycles. The Kier molecular flexibility index (Phi) is 4.98. The van der Waals surface area contributed by atoms with Crippen LogP contribution in [0, 0.1) is 5.82 Å². The van der Waals surface area contributed by atoms with Gasteiger partial charge in [-0.2, -0.15) is 0 Å². The van der Waals surface area contributed by atoms with Gasteiger partial charge >= 0.3 is 0 Å². The van der Waals surface area contributed by atoms with Crippen molar-refractivity contribution in [3.05, 3.63) is 58.3 Å². The zero-order valence-corrected chi connectivity index (χ0v) is 12.5. The summed E-state index contributed by atoms with van der Waals surface area (Å²) in [6.45, 7) is -0.141. The molecule has 0 aliphatic rings. The van der Waals surface area contributed by atoms with Crippen molar-refractivity contribution in [2.24, 2.45) is 0 Å². The van der Waals surface area contributed by atoms with E-state index < -0.39 is 5.82 Å². The van der Waals surface area contributed by atoms with Gasteiger partial charge in [-0.25, -0.2) is 4.39 Å². The summed E-state index contributed by atoms with van der Waals surface area (Å²) >= 11 is 3.38. The summed E-state index contributed by atoms with van der Waals surface area (Å²) < 4.78 is 19.5. The SMILES string of the molecule is COc1ccc(C(CO)Nc2cccc(Br)c2)cc1F. The fraction of sp³-hybridized carbons (Fsp3) is 0.200. The number of ether oxygens (including phenoxy) is 1. The molecule has 0 aliphatic heterocycles. The largest absolute Gasteiger partial charge is 0.494 e. The van der Waals surface area contributed by atoms with Crippen LogP contribution in [0.15, 0.2) is 46.9 Å². The van der Waals surface area contributed by atoms with E-state index in [9.17, 15) is 9.50 Å². The van der Waals surface area contributed by atoms with Gasteiger partial charge in [0.2, 0.25) is 0 Å². The lowest BCUT2D eigenvalue weighted by Gasteiger charge is -2.19. The highest BCUT2D eigenvalue weighted by molar-refractivity contribution is 9.10. The normalized spacial score (nSPS) is 12.0. The highest BCUT2D eigenvalue weighted by Gasteiger charge is 2.13. The molecule has 0 fully saturated rings. The van der Waals surface area contributed by atoms with Gasteiger partial charge in [-0.15, -0.1) is 0 Å². The summed E-state index contributed by atoms with van der Waals surface area (Å²) in [4.78, 5) is 0. The maximum Gasteiger partial charge on any atom is 0.165 e. The Morgan fingerprint density at radius 1 is 1.30 bits per heavy atom. The van der Waals surface area contributed by atoms with Crippen LogP contribution in [-0.4, -0.2) is 18.8 Å². The molecule has 1 atom stereocenters. The van der Waals surface area contributed by atoms with Gasteiger partial charge < -0.3 is 15.2 Å². The quantitative estimate of drug-likeness (QED) is 0.871. The van der Waals surface area contributed by atoms with Crippen LogP contribution in [0.1, 0.15) is 11.6 Å². The molecule has 0 aliphatic carbocycles. The van der Waals surface area contributed by atoms with Crippen LogP contribution in [0.5, 0.6) is 5.75 Å². The zero-order chi connectivity index (χ0) is 14.5. The summed E-state index contributed by atoms with van der Waals surface area (Å²) in [7, 11) is 1.42. The van der Waals surface area contributed by atoms with Gasteiger partial charge in [0, 0.05) is 10.2 Å². The van der Waals surface area contributed by atoms with Crippen LogP contribution in [0.3, 0.4) is 0 Å². The molecule has 5 heteroatoms. The lowest BCUT2D eigenvalue weighted by atomic mass is 10.1. The molecular formula is C15H15BrFNO2. The average molecular weight is 340 g/mol. The summed E-state index contributed by atoms with van der Waals surface area (Å²) in [5.74, 6) is -0.257. The predicted octanol–water partition coefficient (Wildman–Crippen LogP) is 3.74. The minimum absolute atomic E-state index is 0.141. The van der Waals surface area contributed by atoms with Gasteiger partial charge in [0.15, 0.2) is 11.6 Å². The maximum absolute atomic E-state index is 13.7. The second kappa shape index (κ2) is 6.72. The van der Waals surface area contributed by atoms with E-state index in [-0.39, 0.29) is 18.4 Å². The Hall–Kier alpha value is -1.59. The van der Waals surface area contributed by atoms with E-state index in [1.807, 2.05) is 24.3 Å². The number of methoxy groups -OCH3 is 1. The smallest absolute Gasteiger partial charge is 0.165 e. The number of aliphatic hydroxyl groups is 1. The number of hydrogen-bond donors (Lipinski definition) is 2. The topological polar surface area (TPSA) is 41.5 Å². The van der Waals surface area contributed by atoms with E-state index in [2.05, 4.69) is 21.2 Å². The number of anilines is 1. The van der Waals surface area contributed by atoms with Crippen LogP contribution in [0.25, 0.3) is 0 Å². The molecule has 3 nitrogen and oxygen atoms in total. The molecule has 0 saturated carbocycles. The minimum Gasteiger partial charge on any atom is -0.494 e. The van der Waals surface area contributed by atoms with Crippen molar-refractivity contribution >= 4 is 21.6 Å². The third-order valence-corrected chi connectivity index (χ3v) is 3.42. The number of benzene rings is 2. The number of hydrogen-bond acceptors (Lipinski definition) is 3. The van der Waals surface area contributed by atoms with Gasteiger partial charge in [0.1, 0.15) is 0 Å². The van der Waals surface area contributed by atoms with Crippen LogP contribution in [0.4, 0.5) is 10.1 Å². The Balaban J connectivity index is 2.22. The first-order chi connectivity index (χ1) is 9.63. The molecule has 0 heterocycles. The number of aliphatic hydroxyl groups excluding tert-OH is 1. The third-order valence-electron chi connectivity index (χ3n) is 2.93. The maximum atomic E-state index is 13.7. The fourth-order valence-electron chi connectivity index (χ4n) is 1.91. The second-order valence-corrected chi connectivity index (χ2v) is 5.20. The molecule has 2 rings (SSSR count). The van der Waals surface area contributed by atoms with Crippen molar-refractivity contribution in [1.82, 2.24) is 0 Å². The van der Waals surface area contributed by atoms with E-state index in [0.717, 1.165) is 10.2 Å². The Morgan fingerprint density at radius 2 is 2.10 bits per heavy atom. The van der Waals surface area contributed by atoms with Crippen LogP contribution >= 0.6 is 15.9 Å². The van der Waals surface area contributed by atoms with E-state index in [1.54, 1.807) is 12.1 Å². The molecule has 1 unspecified atom stereocenters. The number of nitrogens with one attached hydrogen (secondary N) is 1. The Morgan fingerprint density at radius 3 is 2.70 bits per heavy atom. The van der Waals surface area contributed by atoms with Crippen LogP contribution < -0.4 is 10.1 Å². The highest BCUT2D eigenvalue weighted by atomic mass is 79.9. The first-order valence-electron chi connectivity index (χ1n) is 6.10. The average Bonchev–Trinajstić information content (AvgIpc) is 2.44. The molecule has 2 aromatic carbocycles. The van der Waals surface area contributed by atoms with Crippen molar-refractivity contribution in [3.8, 4) is 5.75 Å². The van der Waals surface area contributed by atoms with Crippen molar-refractivity contribution < 1.29 is 14.2 Å². The van der Waals surface area contributed by atoms with Gasteiger partial charge in [-0.05, 0) is 35.9 Å². The molecular weight excluding hydrogens is 325 g/mol. The van der Waals surface area contributed by atoms with Crippen molar-refractivity contribution in [3.63, 3.8) is 0 Å². The molecule has 0 bridgehead atoms. The second-order valence-electron chi connectivity index (χ2n) is 4.28. The Labute approximate surface area is 125 Å². The minimum atomic E-state index is -0.445. The first kappa shape index (κ1) is 14.8. The van der Waals surface area contributed by atoms with Crippen molar-refractivity contribution in [2.75, 3.05) is 19.0 Å². The monoisotopic (exact) mass is 339 g/mol. The van der Waals surface area contributed by atoms with Gasteiger partial charge in [0.25, 0.3) is 0 Å².